The van der Waals surface area contributed by atoms with E-state index in [0.29, 0.717) is 25.4 Å². The molecule has 0 bridgehead atoms. The van der Waals surface area contributed by atoms with Gasteiger partial charge in [0, 0.05) is 32.9 Å². The van der Waals surface area contributed by atoms with E-state index < -0.39 is 0 Å². The van der Waals surface area contributed by atoms with Gasteiger partial charge in [0.25, 0.3) is 0 Å². The number of aliphatic imine (C=N–C) groups is 1. The van der Waals surface area contributed by atoms with E-state index in [4.69, 9.17) is 14.5 Å². The van der Waals surface area contributed by atoms with Gasteiger partial charge in [-0.1, -0.05) is 0 Å². The van der Waals surface area contributed by atoms with Gasteiger partial charge in [0.05, 0.1) is 25.8 Å². The molecule has 1 aromatic carbocycles. The Balaban J connectivity index is 1.56. The van der Waals surface area contributed by atoms with Crippen LogP contribution in [-0.2, 0) is 11.3 Å². The number of nitrogens with one attached hydrogen (secondary N) is 1. The number of benzene rings is 1. The number of rotatable bonds is 8. The minimum absolute atomic E-state index is 0.211. The molecule has 0 aliphatic carbocycles. The van der Waals surface area contributed by atoms with Crippen molar-refractivity contribution in [1.29, 1.82) is 0 Å². The number of guanidine groups is 1. The summed E-state index contributed by atoms with van der Waals surface area (Å²) in [6, 6.07) is 10.1. The van der Waals surface area contributed by atoms with Crippen LogP contribution >= 0.6 is 0 Å². The summed E-state index contributed by atoms with van der Waals surface area (Å²) in [5, 5.41) is 3.32. The first-order valence-corrected chi connectivity index (χ1v) is 10.7. The Bertz CT molecular complexity index is 846. The third-order valence-electron chi connectivity index (χ3n) is 4.99. The third kappa shape index (κ3) is 7.10. The molecule has 1 aliphatic rings. The molecule has 1 unspecified atom stereocenters. The standard InChI is InChI=1S/C23H32FN5O2/c1-4-25-23(28(3)11-13-31-21-7-5-20(24)6-8-21)27-16-19-9-10-26-22(15-19)29-12-14-30-18(2)17-29/h5-10,15,18H,4,11-14,16-17H2,1-3H3,(H,25,27). The molecule has 2 aromatic rings. The molecular formula is C23H32FN5O2. The van der Waals surface area contributed by atoms with Crippen LogP contribution < -0.4 is 15.0 Å². The van der Waals surface area contributed by atoms with E-state index in [0.717, 1.165) is 43.6 Å². The second kappa shape index (κ2) is 11.5. The Morgan fingerprint density at radius 2 is 2.16 bits per heavy atom. The maximum atomic E-state index is 13.0. The molecule has 0 spiro atoms. The van der Waals surface area contributed by atoms with Crippen molar-refractivity contribution in [2.24, 2.45) is 4.99 Å². The maximum absolute atomic E-state index is 13.0. The van der Waals surface area contributed by atoms with Crippen LogP contribution in [-0.4, -0.2) is 68.4 Å². The van der Waals surface area contributed by atoms with Crippen molar-refractivity contribution in [3.05, 3.63) is 54.0 Å². The number of pyridine rings is 1. The Morgan fingerprint density at radius 1 is 1.35 bits per heavy atom. The van der Waals surface area contributed by atoms with Gasteiger partial charge in [-0.2, -0.15) is 0 Å². The van der Waals surface area contributed by atoms with Gasteiger partial charge in [0.2, 0.25) is 0 Å². The summed E-state index contributed by atoms with van der Waals surface area (Å²) in [6.45, 7) is 9.00. The van der Waals surface area contributed by atoms with E-state index in [1.54, 1.807) is 12.1 Å². The average molecular weight is 430 g/mol. The van der Waals surface area contributed by atoms with E-state index in [1.807, 2.05) is 31.1 Å². The number of ether oxygens (including phenoxy) is 2. The van der Waals surface area contributed by atoms with Crippen molar-refractivity contribution in [3.8, 4) is 5.75 Å². The van der Waals surface area contributed by atoms with E-state index in [-0.39, 0.29) is 11.9 Å². The smallest absolute Gasteiger partial charge is 0.194 e. The highest BCUT2D eigenvalue weighted by atomic mass is 19.1. The minimum atomic E-state index is -0.270. The lowest BCUT2D eigenvalue weighted by Gasteiger charge is -2.32. The first-order valence-electron chi connectivity index (χ1n) is 10.7. The van der Waals surface area contributed by atoms with Crippen molar-refractivity contribution in [2.45, 2.75) is 26.5 Å². The fourth-order valence-corrected chi connectivity index (χ4v) is 3.33. The molecular weight excluding hydrogens is 397 g/mol. The predicted molar refractivity (Wildman–Crippen MR) is 121 cm³/mol. The summed E-state index contributed by atoms with van der Waals surface area (Å²) in [5.41, 5.74) is 1.11. The molecule has 0 amide bonds. The zero-order valence-electron chi connectivity index (χ0n) is 18.6. The Labute approximate surface area is 183 Å². The van der Waals surface area contributed by atoms with E-state index in [9.17, 15) is 4.39 Å². The zero-order chi connectivity index (χ0) is 22.1. The first-order chi connectivity index (χ1) is 15.0. The van der Waals surface area contributed by atoms with Crippen LogP contribution in [0.25, 0.3) is 0 Å². The Morgan fingerprint density at radius 3 is 2.90 bits per heavy atom. The van der Waals surface area contributed by atoms with E-state index in [1.165, 1.54) is 12.1 Å². The molecule has 1 fully saturated rings. The fourth-order valence-electron chi connectivity index (χ4n) is 3.33. The Kier molecular flexibility index (Phi) is 8.46. The van der Waals surface area contributed by atoms with Crippen molar-refractivity contribution in [3.63, 3.8) is 0 Å². The maximum Gasteiger partial charge on any atom is 0.194 e. The number of halogens is 1. The molecule has 7 nitrogen and oxygen atoms in total. The highest BCUT2D eigenvalue weighted by Gasteiger charge is 2.18. The highest BCUT2D eigenvalue weighted by Crippen LogP contribution is 2.17. The number of likely N-dealkylation sites (N-methyl/N-ethyl adjacent to an activating group) is 1. The van der Waals surface area contributed by atoms with Crippen LogP contribution in [0.15, 0.2) is 47.6 Å². The number of aromatic nitrogens is 1. The molecule has 1 N–H and O–H groups in total. The van der Waals surface area contributed by atoms with Gasteiger partial charge in [-0.15, -0.1) is 0 Å². The molecule has 0 saturated carbocycles. The summed E-state index contributed by atoms with van der Waals surface area (Å²) in [7, 11) is 1.97. The second-order valence-electron chi connectivity index (χ2n) is 7.54. The van der Waals surface area contributed by atoms with Crippen LogP contribution in [0.5, 0.6) is 5.75 Å². The molecule has 8 heteroatoms. The molecule has 1 atom stereocenters. The van der Waals surface area contributed by atoms with Gasteiger partial charge in [-0.05, 0) is 55.8 Å². The topological polar surface area (TPSA) is 62.2 Å². The number of morpholine rings is 1. The molecule has 3 rings (SSSR count). The first kappa shape index (κ1) is 22.8. The summed E-state index contributed by atoms with van der Waals surface area (Å²) in [5.74, 6) is 2.16. The molecule has 1 saturated heterocycles. The number of hydrogen-bond donors (Lipinski definition) is 1. The summed E-state index contributed by atoms with van der Waals surface area (Å²) in [4.78, 5) is 13.6. The van der Waals surface area contributed by atoms with Gasteiger partial charge < -0.3 is 24.6 Å². The monoisotopic (exact) mass is 429 g/mol. The summed E-state index contributed by atoms with van der Waals surface area (Å²) < 4.78 is 24.3. The normalized spacial score (nSPS) is 16.8. The van der Waals surface area contributed by atoms with Crippen molar-refractivity contribution in [2.75, 3.05) is 51.3 Å². The fraction of sp³-hybridized carbons (Fsp3) is 0.478. The number of anilines is 1. The second-order valence-corrected chi connectivity index (χ2v) is 7.54. The number of hydrogen-bond acceptors (Lipinski definition) is 5. The van der Waals surface area contributed by atoms with Gasteiger partial charge >= 0.3 is 0 Å². The van der Waals surface area contributed by atoms with Crippen molar-refractivity contribution >= 4 is 11.8 Å². The van der Waals surface area contributed by atoms with E-state index in [2.05, 4.69) is 28.2 Å². The summed E-state index contributed by atoms with van der Waals surface area (Å²) in [6.07, 6.45) is 2.05. The molecule has 1 aromatic heterocycles. The van der Waals surface area contributed by atoms with Gasteiger partial charge in [-0.25, -0.2) is 14.4 Å². The molecule has 0 radical (unpaired) electrons. The number of nitrogens with zero attached hydrogens (tertiary/aromatic N) is 4. The van der Waals surface area contributed by atoms with Crippen molar-refractivity contribution < 1.29 is 13.9 Å². The molecule has 1 aliphatic heterocycles. The lowest BCUT2D eigenvalue weighted by atomic mass is 10.2. The predicted octanol–water partition coefficient (Wildman–Crippen LogP) is 2.92. The van der Waals surface area contributed by atoms with Gasteiger partial charge in [-0.3, -0.25) is 0 Å². The van der Waals surface area contributed by atoms with E-state index >= 15 is 0 Å². The summed E-state index contributed by atoms with van der Waals surface area (Å²) >= 11 is 0. The van der Waals surface area contributed by atoms with Crippen LogP contribution in [0.3, 0.4) is 0 Å². The van der Waals surface area contributed by atoms with Crippen LogP contribution in [0.1, 0.15) is 19.4 Å². The van der Waals surface area contributed by atoms with Crippen LogP contribution in [0.2, 0.25) is 0 Å². The SMILES string of the molecule is CCNC(=NCc1ccnc(N2CCOC(C)C2)c1)N(C)CCOc1ccc(F)cc1. The third-order valence-corrected chi connectivity index (χ3v) is 4.99. The molecule has 2 heterocycles. The van der Waals surface area contributed by atoms with Crippen LogP contribution in [0, 0.1) is 5.82 Å². The minimum Gasteiger partial charge on any atom is -0.492 e. The largest absolute Gasteiger partial charge is 0.492 e. The van der Waals surface area contributed by atoms with Crippen molar-refractivity contribution in [1.82, 2.24) is 15.2 Å². The van der Waals surface area contributed by atoms with Crippen LogP contribution in [0.4, 0.5) is 10.2 Å². The molecule has 31 heavy (non-hydrogen) atoms. The molecule has 168 valence electrons. The highest BCUT2D eigenvalue weighted by molar-refractivity contribution is 5.79. The van der Waals surface area contributed by atoms with Gasteiger partial charge in [0.15, 0.2) is 5.96 Å². The van der Waals surface area contributed by atoms with Gasteiger partial charge in [0.1, 0.15) is 24.0 Å². The lowest BCUT2D eigenvalue weighted by Crippen LogP contribution is -2.41. The average Bonchev–Trinajstić information content (AvgIpc) is 2.78. The quantitative estimate of drug-likeness (QED) is 0.514. The lowest BCUT2D eigenvalue weighted by molar-refractivity contribution is 0.0529. The Hall–Kier alpha value is -2.87. The zero-order valence-corrected chi connectivity index (χ0v) is 18.6.